The van der Waals surface area contributed by atoms with Crippen LogP contribution in [-0.4, -0.2) is 20.6 Å². The quantitative estimate of drug-likeness (QED) is 0.866. The Bertz CT molecular complexity index is 359. The standard InChI is InChI=1S/C11H15F3N2/c1-16(2)10-4-3-8(5-6-15)7-9(10)11(12,13)14/h3-4,7H,5-6,15H2,1-2H3. The summed E-state index contributed by atoms with van der Waals surface area (Å²) in [4.78, 5) is 1.45. The highest BCUT2D eigenvalue weighted by molar-refractivity contribution is 5.55. The van der Waals surface area contributed by atoms with Gasteiger partial charge in [0.2, 0.25) is 0 Å². The van der Waals surface area contributed by atoms with Crippen molar-refractivity contribution in [2.45, 2.75) is 12.6 Å². The van der Waals surface area contributed by atoms with Crippen LogP contribution in [0.1, 0.15) is 11.1 Å². The Morgan fingerprint density at radius 3 is 2.31 bits per heavy atom. The van der Waals surface area contributed by atoms with Crippen LogP contribution in [0.4, 0.5) is 18.9 Å². The van der Waals surface area contributed by atoms with Gasteiger partial charge in [0.25, 0.3) is 0 Å². The molecule has 0 spiro atoms. The molecule has 0 aromatic heterocycles. The van der Waals surface area contributed by atoms with Crippen LogP contribution in [0.5, 0.6) is 0 Å². The predicted molar refractivity (Wildman–Crippen MR) is 58.5 cm³/mol. The summed E-state index contributed by atoms with van der Waals surface area (Å²) >= 11 is 0. The highest BCUT2D eigenvalue weighted by Crippen LogP contribution is 2.36. The fraction of sp³-hybridized carbons (Fsp3) is 0.455. The van der Waals surface area contributed by atoms with Crippen LogP contribution >= 0.6 is 0 Å². The lowest BCUT2D eigenvalue weighted by Crippen LogP contribution is -2.17. The first-order valence-electron chi connectivity index (χ1n) is 4.93. The van der Waals surface area contributed by atoms with Gasteiger partial charge in [-0.25, -0.2) is 0 Å². The van der Waals surface area contributed by atoms with Gasteiger partial charge in [0.15, 0.2) is 0 Å². The molecule has 0 aliphatic heterocycles. The predicted octanol–water partition coefficient (Wildman–Crippen LogP) is 2.27. The number of nitrogens with two attached hydrogens (primary N) is 1. The molecule has 1 aromatic rings. The lowest BCUT2D eigenvalue weighted by molar-refractivity contribution is -0.137. The Balaban J connectivity index is 3.22. The highest BCUT2D eigenvalue weighted by Gasteiger charge is 2.34. The van der Waals surface area contributed by atoms with E-state index in [-0.39, 0.29) is 5.69 Å². The molecule has 0 amide bonds. The lowest BCUT2D eigenvalue weighted by Gasteiger charge is -2.20. The number of halogens is 3. The van der Waals surface area contributed by atoms with E-state index in [1.165, 1.54) is 17.0 Å². The summed E-state index contributed by atoms with van der Waals surface area (Å²) in [6.45, 7) is 0.346. The summed E-state index contributed by atoms with van der Waals surface area (Å²) in [7, 11) is 3.18. The van der Waals surface area contributed by atoms with E-state index < -0.39 is 11.7 Å². The summed E-state index contributed by atoms with van der Waals surface area (Å²) in [6.07, 6.45) is -3.87. The van der Waals surface area contributed by atoms with Crippen LogP contribution in [0.3, 0.4) is 0 Å². The molecule has 1 aromatic carbocycles. The molecule has 90 valence electrons. The van der Waals surface area contributed by atoms with Crippen LogP contribution in [0.15, 0.2) is 18.2 Å². The third-order valence-electron chi connectivity index (χ3n) is 2.28. The Labute approximate surface area is 92.9 Å². The maximum atomic E-state index is 12.8. The van der Waals surface area contributed by atoms with Crippen molar-refractivity contribution in [2.75, 3.05) is 25.5 Å². The summed E-state index contributed by atoms with van der Waals surface area (Å²) < 4.78 is 38.3. The van der Waals surface area contributed by atoms with E-state index in [1.54, 1.807) is 20.2 Å². The van der Waals surface area contributed by atoms with E-state index in [0.717, 1.165) is 0 Å². The van der Waals surface area contributed by atoms with Gasteiger partial charge in [-0.2, -0.15) is 13.2 Å². The maximum Gasteiger partial charge on any atom is 0.418 e. The van der Waals surface area contributed by atoms with Crippen LogP contribution in [-0.2, 0) is 12.6 Å². The first-order valence-corrected chi connectivity index (χ1v) is 4.93. The minimum absolute atomic E-state index is 0.174. The summed E-state index contributed by atoms with van der Waals surface area (Å²) in [5, 5.41) is 0. The fourth-order valence-electron chi connectivity index (χ4n) is 1.52. The van der Waals surface area contributed by atoms with Gasteiger partial charge in [-0.1, -0.05) is 6.07 Å². The second-order valence-electron chi connectivity index (χ2n) is 3.78. The molecule has 0 atom stereocenters. The minimum Gasteiger partial charge on any atom is -0.377 e. The van der Waals surface area contributed by atoms with Gasteiger partial charge in [-0.3, -0.25) is 0 Å². The Morgan fingerprint density at radius 1 is 1.25 bits per heavy atom. The van der Waals surface area contributed by atoms with E-state index >= 15 is 0 Å². The second-order valence-corrected chi connectivity index (χ2v) is 3.78. The largest absolute Gasteiger partial charge is 0.418 e. The molecular weight excluding hydrogens is 217 g/mol. The zero-order valence-corrected chi connectivity index (χ0v) is 9.30. The van der Waals surface area contributed by atoms with Gasteiger partial charge in [0.1, 0.15) is 0 Å². The van der Waals surface area contributed by atoms with Crippen molar-refractivity contribution in [3.63, 3.8) is 0 Å². The molecule has 0 saturated carbocycles. The van der Waals surface area contributed by atoms with Crippen LogP contribution in [0, 0.1) is 0 Å². The Hall–Kier alpha value is -1.23. The third kappa shape index (κ3) is 2.88. The van der Waals surface area contributed by atoms with E-state index in [2.05, 4.69) is 0 Å². The maximum absolute atomic E-state index is 12.8. The van der Waals surface area contributed by atoms with Crippen molar-refractivity contribution < 1.29 is 13.2 Å². The second kappa shape index (κ2) is 4.74. The first kappa shape index (κ1) is 12.8. The van der Waals surface area contributed by atoms with Gasteiger partial charge in [0.05, 0.1) is 5.56 Å². The van der Waals surface area contributed by atoms with Crippen molar-refractivity contribution in [1.82, 2.24) is 0 Å². The highest BCUT2D eigenvalue weighted by atomic mass is 19.4. The van der Waals surface area contributed by atoms with Gasteiger partial charge < -0.3 is 10.6 Å². The fourth-order valence-corrected chi connectivity index (χ4v) is 1.52. The molecule has 0 unspecified atom stereocenters. The van der Waals surface area contributed by atoms with Crippen LogP contribution in [0.2, 0.25) is 0 Å². The number of benzene rings is 1. The molecule has 0 aliphatic carbocycles. The van der Waals surface area contributed by atoms with Gasteiger partial charge in [-0.05, 0) is 30.7 Å². The topological polar surface area (TPSA) is 29.3 Å². The number of rotatable bonds is 3. The normalized spacial score (nSPS) is 11.6. The molecule has 0 saturated heterocycles. The zero-order valence-electron chi connectivity index (χ0n) is 9.30. The molecule has 0 bridgehead atoms. The molecule has 0 fully saturated rings. The number of hydrogen-bond donors (Lipinski definition) is 1. The van der Waals surface area contributed by atoms with Crippen molar-refractivity contribution in [3.05, 3.63) is 29.3 Å². The summed E-state index contributed by atoms with van der Waals surface area (Å²) in [5.41, 5.74) is 5.50. The Morgan fingerprint density at radius 2 is 1.88 bits per heavy atom. The molecule has 2 nitrogen and oxygen atoms in total. The third-order valence-corrected chi connectivity index (χ3v) is 2.28. The zero-order chi connectivity index (χ0) is 12.3. The van der Waals surface area contributed by atoms with Crippen molar-refractivity contribution in [1.29, 1.82) is 0 Å². The molecule has 5 heteroatoms. The number of anilines is 1. The molecule has 0 heterocycles. The van der Waals surface area contributed by atoms with Gasteiger partial charge in [0, 0.05) is 19.8 Å². The average Bonchev–Trinajstić information content (AvgIpc) is 2.16. The lowest BCUT2D eigenvalue weighted by atomic mass is 10.1. The van der Waals surface area contributed by atoms with E-state index in [4.69, 9.17) is 5.73 Å². The number of nitrogens with zero attached hydrogens (tertiary/aromatic N) is 1. The van der Waals surface area contributed by atoms with E-state index in [0.29, 0.717) is 18.5 Å². The Kier molecular flexibility index (Phi) is 3.80. The molecule has 2 N–H and O–H groups in total. The molecule has 0 aliphatic rings. The smallest absolute Gasteiger partial charge is 0.377 e. The van der Waals surface area contributed by atoms with Crippen molar-refractivity contribution in [3.8, 4) is 0 Å². The SMILES string of the molecule is CN(C)c1ccc(CCN)cc1C(F)(F)F. The van der Waals surface area contributed by atoms with Crippen LogP contribution < -0.4 is 10.6 Å². The minimum atomic E-state index is -4.33. The monoisotopic (exact) mass is 232 g/mol. The molecular formula is C11H15F3N2. The summed E-state index contributed by atoms with van der Waals surface area (Å²) in [5.74, 6) is 0. The number of alkyl halides is 3. The van der Waals surface area contributed by atoms with Crippen molar-refractivity contribution >= 4 is 5.69 Å². The van der Waals surface area contributed by atoms with Crippen LogP contribution in [0.25, 0.3) is 0 Å². The molecule has 16 heavy (non-hydrogen) atoms. The summed E-state index contributed by atoms with van der Waals surface area (Å²) in [6, 6.07) is 4.33. The van der Waals surface area contributed by atoms with E-state index in [1.807, 2.05) is 0 Å². The van der Waals surface area contributed by atoms with E-state index in [9.17, 15) is 13.2 Å². The number of hydrogen-bond acceptors (Lipinski definition) is 2. The molecule has 1 rings (SSSR count). The van der Waals surface area contributed by atoms with Gasteiger partial charge >= 0.3 is 6.18 Å². The average molecular weight is 232 g/mol. The first-order chi connectivity index (χ1) is 7.36. The molecule has 0 radical (unpaired) electrons. The van der Waals surface area contributed by atoms with Gasteiger partial charge in [-0.15, -0.1) is 0 Å². The van der Waals surface area contributed by atoms with Crippen molar-refractivity contribution in [2.24, 2.45) is 5.73 Å².